The fourth-order valence-electron chi connectivity index (χ4n) is 3.56. The van der Waals surface area contributed by atoms with Crippen LogP contribution in [0.3, 0.4) is 0 Å². The molecule has 0 saturated carbocycles. The van der Waals surface area contributed by atoms with Gasteiger partial charge in [-0.05, 0) is 60.0 Å². The van der Waals surface area contributed by atoms with E-state index in [9.17, 15) is 14.0 Å². The van der Waals surface area contributed by atoms with Crippen LogP contribution in [0.1, 0.15) is 50.6 Å². The second-order valence-electron chi connectivity index (χ2n) is 7.12. The summed E-state index contributed by atoms with van der Waals surface area (Å²) in [4.78, 5) is 25.2. The highest BCUT2D eigenvalue weighted by Gasteiger charge is 2.28. The molecule has 158 valence electrons. The van der Waals surface area contributed by atoms with Crippen molar-refractivity contribution < 1.29 is 18.4 Å². The third kappa shape index (κ3) is 4.29. The smallest absolute Gasteiger partial charge is 0.291 e. The van der Waals surface area contributed by atoms with Crippen molar-refractivity contribution in [2.24, 2.45) is 5.10 Å². The number of halogens is 2. The van der Waals surface area contributed by atoms with E-state index in [0.717, 1.165) is 12.0 Å². The first-order chi connectivity index (χ1) is 15.0. The topological polar surface area (TPSA) is 83.7 Å². The Balaban J connectivity index is 1.59. The van der Waals surface area contributed by atoms with Crippen molar-refractivity contribution in [3.05, 3.63) is 87.0 Å². The minimum Gasteiger partial charge on any atom is -0.455 e. The van der Waals surface area contributed by atoms with E-state index in [-0.39, 0.29) is 17.4 Å². The van der Waals surface area contributed by atoms with Gasteiger partial charge in [0.2, 0.25) is 0 Å². The molecular weight excluding hydrogens is 465 g/mol. The van der Waals surface area contributed by atoms with Gasteiger partial charge in [0.15, 0.2) is 5.76 Å². The monoisotopic (exact) mass is 483 g/mol. The van der Waals surface area contributed by atoms with Gasteiger partial charge in [0, 0.05) is 22.0 Å². The van der Waals surface area contributed by atoms with E-state index in [0.29, 0.717) is 39.9 Å². The summed E-state index contributed by atoms with van der Waals surface area (Å²) in [5, 5.41) is 6.86. The first-order valence-corrected chi connectivity index (χ1v) is 10.5. The van der Waals surface area contributed by atoms with Crippen LogP contribution in [0.5, 0.6) is 0 Å². The molecule has 6 nitrogen and oxygen atoms in total. The normalized spacial score (nSPS) is 14.2. The van der Waals surface area contributed by atoms with Gasteiger partial charge in [0.25, 0.3) is 11.8 Å². The molecule has 1 aromatic heterocycles. The van der Waals surface area contributed by atoms with Crippen LogP contribution >= 0.6 is 15.9 Å². The van der Waals surface area contributed by atoms with Crippen molar-refractivity contribution in [1.29, 1.82) is 0 Å². The van der Waals surface area contributed by atoms with Crippen molar-refractivity contribution >= 4 is 39.1 Å². The number of carbonyl (C=O) groups excluding carboxylic acids is 2. The Hall–Kier alpha value is -3.26. The molecule has 8 heteroatoms. The van der Waals surface area contributed by atoms with E-state index in [1.54, 1.807) is 37.3 Å². The molecule has 2 amide bonds. The third-order valence-electron chi connectivity index (χ3n) is 5.06. The predicted octanol–water partition coefficient (Wildman–Crippen LogP) is 5.21. The van der Waals surface area contributed by atoms with Crippen LogP contribution < -0.4 is 10.7 Å². The minimum absolute atomic E-state index is 0.0795. The van der Waals surface area contributed by atoms with Crippen LogP contribution in [0.15, 0.2) is 62.5 Å². The molecule has 31 heavy (non-hydrogen) atoms. The lowest BCUT2D eigenvalue weighted by Crippen LogP contribution is -2.22. The highest BCUT2D eigenvalue weighted by molar-refractivity contribution is 9.10. The summed E-state index contributed by atoms with van der Waals surface area (Å²) in [6, 6.07) is 13.0. The Morgan fingerprint density at radius 1 is 1.06 bits per heavy atom. The number of furan rings is 1. The zero-order valence-corrected chi connectivity index (χ0v) is 18.3. The van der Waals surface area contributed by atoms with Gasteiger partial charge in [0.05, 0.1) is 17.0 Å². The number of aryl methyl sites for hydroxylation is 1. The fraction of sp³-hybridized carbons (Fsp3) is 0.174. The number of para-hydroxylation sites is 1. The second kappa shape index (κ2) is 8.85. The summed E-state index contributed by atoms with van der Waals surface area (Å²) in [7, 11) is 0. The van der Waals surface area contributed by atoms with E-state index < -0.39 is 11.7 Å². The molecule has 0 aliphatic heterocycles. The summed E-state index contributed by atoms with van der Waals surface area (Å²) in [5.41, 5.74) is 5.11. The summed E-state index contributed by atoms with van der Waals surface area (Å²) < 4.78 is 20.4. The van der Waals surface area contributed by atoms with Crippen LogP contribution in [0.25, 0.3) is 0 Å². The van der Waals surface area contributed by atoms with Gasteiger partial charge in [-0.15, -0.1) is 0 Å². The number of hydrogen-bond acceptors (Lipinski definition) is 4. The van der Waals surface area contributed by atoms with Crippen LogP contribution in [-0.4, -0.2) is 17.5 Å². The number of carbonyl (C=O) groups is 2. The molecule has 0 fully saturated rings. The Morgan fingerprint density at radius 2 is 1.81 bits per heavy atom. The molecule has 1 aliphatic rings. The molecule has 2 N–H and O–H groups in total. The molecule has 1 aliphatic carbocycles. The van der Waals surface area contributed by atoms with Crippen LogP contribution in [0.2, 0.25) is 0 Å². The maximum Gasteiger partial charge on any atom is 0.291 e. The van der Waals surface area contributed by atoms with E-state index in [2.05, 4.69) is 31.8 Å². The summed E-state index contributed by atoms with van der Waals surface area (Å²) in [6.45, 7) is 1.76. The van der Waals surface area contributed by atoms with Crippen LogP contribution in [-0.2, 0) is 6.42 Å². The number of nitrogens with zero attached hydrogens (tertiary/aromatic N) is 1. The highest BCUT2D eigenvalue weighted by Crippen LogP contribution is 2.30. The van der Waals surface area contributed by atoms with Gasteiger partial charge in [-0.2, -0.15) is 5.10 Å². The molecule has 0 spiro atoms. The molecule has 2 aromatic carbocycles. The predicted molar refractivity (Wildman–Crippen MR) is 119 cm³/mol. The molecule has 3 aromatic rings. The van der Waals surface area contributed by atoms with Gasteiger partial charge >= 0.3 is 0 Å². The van der Waals surface area contributed by atoms with E-state index in [1.165, 1.54) is 12.1 Å². The van der Waals surface area contributed by atoms with Crippen LogP contribution in [0, 0.1) is 12.7 Å². The van der Waals surface area contributed by atoms with E-state index in [4.69, 9.17) is 4.42 Å². The summed E-state index contributed by atoms with van der Waals surface area (Å²) in [5.74, 6) is -0.655. The summed E-state index contributed by atoms with van der Waals surface area (Å²) >= 11 is 3.36. The quantitative estimate of drug-likeness (QED) is 0.499. The average Bonchev–Trinajstić information content (AvgIpc) is 3.11. The largest absolute Gasteiger partial charge is 0.455 e. The zero-order valence-electron chi connectivity index (χ0n) is 16.7. The average molecular weight is 484 g/mol. The Kier molecular flexibility index (Phi) is 5.99. The van der Waals surface area contributed by atoms with Gasteiger partial charge < -0.3 is 9.73 Å². The fourth-order valence-corrected chi connectivity index (χ4v) is 4.03. The molecule has 0 bridgehead atoms. The molecule has 0 atom stereocenters. The van der Waals surface area contributed by atoms with Crippen molar-refractivity contribution in [3.63, 3.8) is 0 Å². The van der Waals surface area contributed by atoms with Crippen molar-refractivity contribution in [1.82, 2.24) is 5.43 Å². The highest BCUT2D eigenvalue weighted by atomic mass is 79.9. The van der Waals surface area contributed by atoms with Crippen LogP contribution in [0.4, 0.5) is 10.1 Å². The Morgan fingerprint density at radius 3 is 2.58 bits per heavy atom. The standard InChI is InChI=1S/C23H19BrFN3O3/c1-13-20-18(27-28-22(29)14-7-2-3-8-15(14)24)11-6-12-19(20)31-21(13)23(30)26-17-10-5-4-9-16(17)25/h2-5,7-10H,6,11-12H2,1H3,(H,26,30)(H,28,29)/b27-18+. The number of fused-ring (bicyclic) bond motifs is 1. The molecule has 4 rings (SSSR count). The minimum atomic E-state index is -0.534. The lowest BCUT2D eigenvalue weighted by molar-refractivity contribution is 0.0952. The zero-order chi connectivity index (χ0) is 22.0. The lowest BCUT2D eigenvalue weighted by atomic mass is 9.93. The van der Waals surface area contributed by atoms with Gasteiger partial charge in [0.1, 0.15) is 11.6 Å². The second-order valence-corrected chi connectivity index (χ2v) is 7.98. The number of hydrogen-bond donors (Lipinski definition) is 2. The molecule has 1 heterocycles. The van der Waals surface area contributed by atoms with Gasteiger partial charge in [-0.1, -0.05) is 24.3 Å². The lowest BCUT2D eigenvalue weighted by Gasteiger charge is -2.13. The number of hydrazone groups is 1. The molecule has 0 saturated heterocycles. The number of anilines is 1. The molecule has 0 radical (unpaired) electrons. The maximum atomic E-state index is 13.9. The summed E-state index contributed by atoms with van der Waals surface area (Å²) in [6.07, 6.45) is 2.07. The van der Waals surface area contributed by atoms with E-state index in [1.807, 2.05) is 6.07 Å². The number of benzene rings is 2. The first-order valence-electron chi connectivity index (χ1n) is 9.75. The Labute approximate surface area is 186 Å². The van der Waals surface area contributed by atoms with Crippen molar-refractivity contribution in [3.8, 4) is 0 Å². The van der Waals surface area contributed by atoms with Crippen molar-refractivity contribution in [2.75, 3.05) is 5.32 Å². The molecule has 0 unspecified atom stereocenters. The number of nitrogens with one attached hydrogen (secondary N) is 2. The van der Waals surface area contributed by atoms with Gasteiger partial charge in [-0.3, -0.25) is 9.59 Å². The van der Waals surface area contributed by atoms with E-state index >= 15 is 0 Å². The third-order valence-corrected chi connectivity index (χ3v) is 5.76. The molecular formula is C23H19BrFN3O3. The first kappa shape index (κ1) is 21.0. The maximum absolute atomic E-state index is 13.9. The SMILES string of the molecule is Cc1c(C(=O)Nc2ccccc2F)oc2c1/C(=N/NC(=O)c1ccccc1Br)CCC2. The number of amides is 2. The van der Waals surface area contributed by atoms with Gasteiger partial charge in [-0.25, -0.2) is 9.82 Å². The van der Waals surface area contributed by atoms with Crippen molar-refractivity contribution in [2.45, 2.75) is 26.2 Å². The Bertz CT molecular complexity index is 1200. The number of rotatable bonds is 4.